The fraction of sp³-hybridized carbons (Fsp3) is 0.361. The Kier molecular flexibility index (Phi) is 9.78. The lowest BCUT2D eigenvalue weighted by molar-refractivity contribution is -0.122. The number of aromatic nitrogens is 2. The second-order valence-corrected chi connectivity index (χ2v) is 11.4. The quantitative estimate of drug-likeness (QED) is 0.221. The molecular weight excluding hydrogens is 520 g/mol. The number of likely N-dealkylation sites (tertiary alicyclic amines) is 1. The summed E-state index contributed by atoms with van der Waals surface area (Å²) in [5.41, 5.74) is 8.60. The minimum atomic E-state index is -0.180. The van der Waals surface area contributed by atoms with Gasteiger partial charge in [0.1, 0.15) is 0 Å². The van der Waals surface area contributed by atoms with Gasteiger partial charge in [0.2, 0.25) is 5.91 Å². The minimum Gasteiger partial charge on any atom is -0.392 e. The fourth-order valence-electron chi connectivity index (χ4n) is 6.41. The summed E-state index contributed by atoms with van der Waals surface area (Å²) in [7, 11) is 0. The third-order valence-electron chi connectivity index (χ3n) is 8.67. The number of aliphatic hydroxyl groups excluding tert-OH is 1. The van der Waals surface area contributed by atoms with E-state index in [1.807, 2.05) is 67.8 Å². The Morgan fingerprint density at radius 3 is 2.12 bits per heavy atom. The number of aliphatic hydroxyl groups is 1. The van der Waals surface area contributed by atoms with Gasteiger partial charge in [0.15, 0.2) is 0 Å². The van der Waals surface area contributed by atoms with Crippen LogP contribution in [0, 0.1) is 13.8 Å². The Hall–Kier alpha value is -3.87. The SMILES string of the molecule is CCC(C(=O)NCc1ccc(CN2C(c3ncccc3C)CCCC2c2ncccc2C)c(CO)c1)c1ccccc1. The summed E-state index contributed by atoms with van der Waals surface area (Å²) >= 11 is 0. The maximum Gasteiger partial charge on any atom is 0.227 e. The van der Waals surface area contributed by atoms with Crippen molar-refractivity contribution in [2.45, 2.75) is 84.2 Å². The minimum absolute atomic E-state index is 0.0220. The van der Waals surface area contributed by atoms with E-state index in [9.17, 15) is 9.90 Å². The van der Waals surface area contributed by atoms with Gasteiger partial charge >= 0.3 is 0 Å². The first-order valence-electron chi connectivity index (χ1n) is 15.1. The summed E-state index contributed by atoms with van der Waals surface area (Å²) in [6.45, 7) is 7.35. The average Bonchev–Trinajstić information content (AvgIpc) is 3.02. The highest BCUT2D eigenvalue weighted by Crippen LogP contribution is 2.43. The molecule has 6 heteroatoms. The lowest BCUT2D eigenvalue weighted by Gasteiger charge is -2.43. The van der Waals surface area contributed by atoms with Crippen molar-refractivity contribution in [3.8, 4) is 0 Å². The molecular formula is C36H42N4O2. The summed E-state index contributed by atoms with van der Waals surface area (Å²) in [5.74, 6) is -0.158. The molecule has 42 heavy (non-hydrogen) atoms. The summed E-state index contributed by atoms with van der Waals surface area (Å²) < 4.78 is 0. The number of rotatable bonds is 10. The Balaban J connectivity index is 1.39. The number of hydrogen-bond acceptors (Lipinski definition) is 5. The van der Waals surface area contributed by atoms with Gasteiger partial charge in [-0.1, -0.05) is 67.6 Å². The van der Waals surface area contributed by atoms with Crippen molar-refractivity contribution < 1.29 is 9.90 Å². The highest BCUT2D eigenvalue weighted by Gasteiger charge is 2.35. The Morgan fingerprint density at radius 2 is 1.55 bits per heavy atom. The normalized spacial score (nSPS) is 18.0. The van der Waals surface area contributed by atoms with Crippen LogP contribution < -0.4 is 5.32 Å². The first-order chi connectivity index (χ1) is 20.5. The molecule has 1 aliphatic heterocycles. The second-order valence-electron chi connectivity index (χ2n) is 11.4. The molecule has 0 spiro atoms. The van der Waals surface area contributed by atoms with E-state index in [0.717, 1.165) is 59.3 Å². The predicted octanol–water partition coefficient (Wildman–Crippen LogP) is 6.86. The Bertz CT molecular complexity index is 1440. The van der Waals surface area contributed by atoms with Crippen LogP contribution in [0.15, 0.2) is 85.2 Å². The van der Waals surface area contributed by atoms with E-state index < -0.39 is 0 Å². The van der Waals surface area contributed by atoms with Crippen LogP contribution >= 0.6 is 0 Å². The zero-order valence-corrected chi connectivity index (χ0v) is 25.0. The number of hydrogen-bond donors (Lipinski definition) is 2. The van der Waals surface area contributed by atoms with E-state index in [1.54, 1.807) is 0 Å². The van der Waals surface area contributed by atoms with Crippen LogP contribution in [0.4, 0.5) is 0 Å². The molecule has 1 amide bonds. The predicted molar refractivity (Wildman–Crippen MR) is 167 cm³/mol. The van der Waals surface area contributed by atoms with Gasteiger partial charge in [-0.15, -0.1) is 0 Å². The molecule has 1 fully saturated rings. The summed E-state index contributed by atoms with van der Waals surface area (Å²) in [6, 6.07) is 24.7. The topological polar surface area (TPSA) is 78.4 Å². The Labute approximate surface area is 249 Å². The van der Waals surface area contributed by atoms with Crippen molar-refractivity contribution in [3.05, 3.63) is 130 Å². The molecule has 4 aromatic rings. The van der Waals surface area contributed by atoms with Crippen LogP contribution in [-0.4, -0.2) is 25.9 Å². The van der Waals surface area contributed by atoms with Gasteiger partial charge in [0.25, 0.3) is 0 Å². The van der Waals surface area contributed by atoms with Gasteiger partial charge in [-0.05, 0) is 85.0 Å². The lowest BCUT2D eigenvalue weighted by Crippen LogP contribution is -2.37. The van der Waals surface area contributed by atoms with Crippen LogP contribution in [0.1, 0.15) is 95.4 Å². The van der Waals surface area contributed by atoms with Crippen molar-refractivity contribution in [1.82, 2.24) is 20.2 Å². The van der Waals surface area contributed by atoms with Crippen molar-refractivity contribution in [2.75, 3.05) is 0 Å². The van der Waals surface area contributed by atoms with E-state index in [4.69, 9.17) is 9.97 Å². The molecule has 2 aromatic heterocycles. The van der Waals surface area contributed by atoms with Gasteiger partial charge in [-0.3, -0.25) is 19.7 Å². The number of benzene rings is 2. The zero-order chi connectivity index (χ0) is 29.5. The number of piperidine rings is 1. The average molecular weight is 563 g/mol. The highest BCUT2D eigenvalue weighted by atomic mass is 16.3. The monoisotopic (exact) mass is 562 g/mol. The van der Waals surface area contributed by atoms with Crippen LogP contribution in [0.25, 0.3) is 0 Å². The maximum atomic E-state index is 13.0. The number of amides is 1. The number of carbonyl (C=O) groups is 1. The van der Waals surface area contributed by atoms with E-state index in [-0.39, 0.29) is 30.5 Å². The molecule has 1 saturated heterocycles. The molecule has 3 atom stereocenters. The van der Waals surface area contributed by atoms with E-state index in [1.165, 1.54) is 11.1 Å². The molecule has 0 radical (unpaired) electrons. The van der Waals surface area contributed by atoms with Crippen molar-refractivity contribution in [1.29, 1.82) is 0 Å². The number of nitrogens with one attached hydrogen (secondary N) is 1. The second kappa shape index (κ2) is 13.9. The van der Waals surface area contributed by atoms with Crippen LogP contribution in [0.3, 0.4) is 0 Å². The van der Waals surface area contributed by atoms with E-state index >= 15 is 0 Å². The van der Waals surface area contributed by atoms with Gasteiger partial charge in [-0.2, -0.15) is 0 Å². The first-order valence-corrected chi connectivity index (χ1v) is 15.1. The van der Waals surface area contributed by atoms with Gasteiger partial charge in [-0.25, -0.2) is 0 Å². The van der Waals surface area contributed by atoms with Crippen molar-refractivity contribution in [3.63, 3.8) is 0 Å². The fourth-order valence-corrected chi connectivity index (χ4v) is 6.41. The van der Waals surface area contributed by atoms with Crippen molar-refractivity contribution >= 4 is 5.91 Å². The molecule has 6 nitrogen and oxygen atoms in total. The standard InChI is InChI=1S/C36H42N4O2/c1-4-31(28-13-6-5-7-14-28)36(42)39-22-27-17-18-29(30(21-27)24-41)23-40-32(34-25(2)11-9-19-37-34)15-8-16-33(40)35-26(3)12-10-20-38-35/h5-7,9-14,17-21,31-33,41H,4,8,15-16,22-24H2,1-3H3,(H,39,42). The summed E-state index contributed by atoms with van der Waals surface area (Å²) in [6.07, 6.45) is 7.67. The molecule has 0 aliphatic carbocycles. The van der Waals surface area contributed by atoms with Gasteiger partial charge in [0, 0.05) is 25.5 Å². The zero-order valence-electron chi connectivity index (χ0n) is 25.0. The molecule has 1 aliphatic rings. The highest BCUT2D eigenvalue weighted by molar-refractivity contribution is 5.83. The molecule has 3 heterocycles. The van der Waals surface area contributed by atoms with Gasteiger partial charge < -0.3 is 10.4 Å². The number of pyridine rings is 2. The number of carbonyl (C=O) groups excluding carboxylic acids is 1. The molecule has 218 valence electrons. The van der Waals surface area contributed by atoms with Crippen molar-refractivity contribution in [2.24, 2.45) is 0 Å². The first kappa shape index (κ1) is 29.6. The lowest BCUT2D eigenvalue weighted by atomic mass is 9.88. The van der Waals surface area contributed by atoms with Gasteiger partial charge in [0.05, 0.1) is 36.0 Å². The molecule has 2 aromatic carbocycles. The van der Waals surface area contributed by atoms with E-state index in [0.29, 0.717) is 13.1 Å². The van der Waals surface area contributed by atoms with Crippen LogP contribution in [0.5, 0.6) is 0 Å². The third kappa shape index (κ3) is 6.61. The van der Waals surface area contributed by atoms with Crippen LogP contribution in [0.2, 0.25) is 0 Å². The molecule has 3 unspecified atom stereocenters. The smallest absolute Gasteiger partial charge is 0.227 e. The van der Waals surface area contributed by atoms with Crippen LogP contribution in [-0.2, 0) is 24.5 Å². The molecule has 0 saturated carbocycles. The number of aryl methyl sites for hydroxylation is 2. The number of nitrogens with zero attached hydrogens (tertiary/aromatic N) is 3. The maximum absolute atomic E-state index is 13.0. The molecule has 0 bridgehead atoms. The largest absolute Gasteiger partial charge is 0.392 e. The summed E-state index contributed by atoms with van der Waals surface area (Å²) in [5, 5.41) is 13.6. The molecule has 2 N–H and O–H groups in total. The Morgan fingerprint density at radius 1 is 0.905 bits per heavy atom. The summed E-state index contributed by atoms with van der Waals surface area (Å²) in [4.78, 5) is 25.3. The third-order valence-corrected chi connectivity index (χ3v) is 8.67. The van der Waals surface area contributed by atoms with E-state index in [2.05, 4.69) is 48.3 Å². The molecule has 5 rings (SSSR count).